The monoisotopic (exact) mass is 388 g/mol. The third-order valence-corrected chi connectivity index (χ3v) is 5.66. The van der Waals surface area contributed by atoms with Crippen molar-refractivity contribution in [2.24, 2.45) is 0 Å². The van der Waals surface area contributed by atoms with Gasteiger partial charge < -0.3 is 9.47 Å². The van der Waals surface area contributed by atoms with Crippen LogP contribution >= 0.6 is 0 Å². The number of ether oxygens (including phenoxy) is 2. The molecule has 1 aliphatic heterocycles. The number of esters is 1. The van der Waals surface area contributed by atoms with Crippen LogP contribution in [0.15, 0.2) is 24.5 Å². The zero-order valence-corrected chi connectivity index (χ0v) is 16.7. The van der Waals surface area contributed by atoms with E-state index < -0.39 is 6.04 Å². The first-order valence-electron chi connectivity index (χ1n) is 10.8. The lowest BCUT2D eigenvalue weighted by Gasteiger charge is -2.34. The molecule has 2 heterocycles. The molecule has 3 rings (SSSR count). The first-order chi connectivity index (χ1) is 13.7. The van der Waals surface area contributed by atoms with Gasteiger partial charge in [0, 0.05) is 18.9 Å². The van der Waals surface area contributed by atoms with Crippen molar-refractivity contribution >= 4 is 12.1 Å². The van der Waals surface area contributed by atoms with Crippen molar-refractivity contribution in [1.29, 1.82) is 0 Å². The highest BCUT2D eigenvalue weighted by Gasteiger charge is 2.35. The summed E-state index contributed by atoms with van der Waals surface area (Å²) >= 11 is 0. The molecule has 1 saturated heterocycles. The third kappa shape index (κ3) is 6.21. The SMILES string of the molecule is O=C(OCCCCc1cccnc1)C1CCCCN1C(=O)OC1CCCCC1. The van der Waals surface area contributed by atoms with Crippen LogP contribution < -0.4 is 0 Å². The maximum Gasteiger partial charge on any atom is 0.410 e. The molecule has 1 aliphatic carbocycles. The summed E-state index contributed by atoms with van der Waals surface area (Å²) in [4.78, 5) is 30.9. The molecule has 154 valence electrons. The number of rotatable bonds is 7. The van der Waals surface area contributed by atoms with E-state index in [1.54, 1.807) is 11.1 Å². The van der Waals surface area contributed by atoms with Gasteiger partial charge in [-0.25, -0.2) is 9.59 Å². The molecule has 0 spiro atoms. The van der Waals surface area contributed by atoms with Crippen LogP contribution in [-0.4, -0.2) is 47.2 Å². The number of amides is 1. The summed E-state index contributed by atoms with van der Waals surface area (Å²) in [7, 11) is 0. The Labute approximate surface area is 167 Å². The lowest BCUT2D eigenvalue weighted by atomic mass is 9.98. The third-order valence-electron chi connectivity index (χ3n) is 5.66. The number of unbranched alkanes of at least 4 members (excludes halogenated alkanes) is 1. The van der Waals surface area contributed by atoms with Gasteiger partial charge in [-0.05, 0) is 75.8 Å². The molecule has 2 fully saturated rings. The van der Waals surface area contributed by atoms with Gasteiger partial charge in [-0.3, -0.25) is 9.88 Å². The summed E-state index contributed by atoms with van der Waals surface area (Å²) < 4.78 is 11.2. The Morgan fingerprint density at radius 1 is 1.07 bits per heavy atom. The molecule has 1 unspecified atom stereocenters. The number of hydrogen-bond donors (Lipinski definition) is 0. The molecule has 0 bridgehead atoms. The number of nitrogens with zero attached hydrogens (tertiary/aromatic N) is 2. The van der Waals surface area contributed by atoms with Crippen LogP contribution in [0.1, 0.15) is 69.8 Å². The first-order valence-corrected chi connectivity index (χ1v) is 10.8. The summed E-state index contributed by atoms with van der Waals surface area (Å²) in [6, 6.07) is 3.49. The highest BCUT2D eigenvalue weighted by molar-refractivity contribution is 5.81. The molecule has 1 aromatic rings. The minimum Gasteiger partial charge on any atom is -0.464 e. The Hall–Kier alpha value is -2.11. The lowest BCUT2D eigenvalue weighted by Crippen LogP contribution is -2.49. The number of aryl methyl sites for hydroxylation is 1. The fourth-order valence-corrected chi connectivity index (χ4v) is 4.03. The Morgan fingerprint density at radius 3 is 2.68 bits per heavy atom. The van der Waals surface area contributed by atoms with Crippen molar-refractivity contribution < 1.29 is 19.1 Å². The fraction of sp³-hybridized carbons (Fsp3) is 0.682. The van der Waals surface area contributed by atoms with Gasteiger partial charge >= 0.3 is 12.1 Å². The van der Waals surface area contributed by atoms with Gasteiger partial charge in [0.2, 0.25) is 0 Å². The maximum atomic E-state index is 12.6. The molecule has 0 aromatic carbocycles. The second-order valence-corrected chi connectivity index (χ2v) is 7.83. The molecule has 6 heteroatoms. The van der Waals surface area contributed by atoms with Gasteiger partial charge in [0.1, 0.15) is 12.1 Å². The van der Waals surface area contributed by atoms with Gasteiger partial charge in [0.25, 0.3) is 0 Å². The maximum absolute atomic E-state index is 12.6. The Balaban J connectivity index is 1.40. The molecule has 1 aromatic heterocycles. The smallest absolute Gasteiger partial charge is 0.410 e. The molecule has 6 nitrogen and oxygen atoms in total. The second-order valence-electron chi connectivity index (χ2n) is 7.83. The van der Waals surface area contributed by atoms with Gasteiger partial charge in [0.05, 0.1) is 6.61 Å². The molecule has 28 heavy (non-hydrogen) atoms. The van der Waals surface area contributed by atoms with E-state index in [1.165, 1.54) is 12.0 Å². The van der Waals surface area contributed by atoms with Crippen molar-refractivity contribution in [3.05, 3.63) is 30.1 Å². The number of carbonyl (C=O) groups is 2. The zero-order valence-electron chi connectivity index (χ0n) is 16.7. The normalized spacial score (nSPS) is 20.6. The highest BCUT2D eigenvalue weighted by Crippen LogP contribution is 2.24. The largest absolute Gasteiger partial charge is 0.464 e. The van der Waals surface area contributed by atoms with Crippen LogP contribution in [0.2, 0.25) is 0 Å². The molecule has 1 amide bonds. The molecule has 0 N–H and O–H groups in total. The van der Waals surface area contributed by atoms with E-state index in [0.717, 1.165) is 57.8 Å². The van der Waals surface area contributed by atoms with E-state index >= 15 is 0 Å². The summed E-state index contributed by atoms with van der Waals surface area (Å²) in [5.41, 5.74) is 1.19. The van der Waals surface area contributed by atoms with Crippen molar-refractivity contribution in [2.75, 3.05) is 13.2 Å². The molecular formula is C22H32N2O4. The molecular weight excluding hydrogens is 356 g/mol. The zero-order chi connectivity index (χ0) is 19.6. The van der Waals surface area contributed by atoms with E-state index in [2.05, 4.69) is 11.1 Å². The molecule has 1 atom stereocenters. The van der Waals surface area contributed by atoms with Crippen molar-refractivity contribution in [3.8, 4) is 0 Å². The van der Waals surface area contributed by atoms with Crippen LogP contribution in [0, 0.1) is 0 Å². The number of likely N-dealkylation sites (tertiary alicyclic amines) is 1. The van der Waals surface area contributed by atoms with Gasteiger partial charge in [-0.1, -0.05) is 12.5 Å². The fourth-order valence-electron chi connectivity index (χ4n) is 4.03. The number of piperidine rings is 1. The van der Waals surface area contributed by atoms with E-state index in [-0.39, 0.29) is 18.2 Å². The average Bonchev–Trinajstić information content (AvgIpc) is 2.75. The van der Waals surface area contributed by atoms with Gasteiger partial charge in [-0.15, -0.1) is 0 Å². The van der Waals surface area contributed by atoms with E-state index in [4.69, 9.17) is 9.47 Å². The van der Waals surface area contributed by atoms with Crippen LogP contribution in [0.5, 0.6) is 0 Å². The standard InChI is InChI=1S/C22H32N2O4/c25-21(27-16-7-5-9-18-10-8-14-23-17-18)20-13-4-6-15-24(20)22(26)28-19-11-2-1-3-12-19/h8,10,14,17,19-20H,1-7,9,11-13,15-16H2. The number of hydrogen-bond acceptors (Lipinski definition) is 5. The minimum atomic E-state index is -0.497. The number of aromatic nitrogens is 1. The van der Waals surface area contributed by atoms with E-state index in [1.807, 2.05) is 12.3 Å². The summed E-state index contributed by atoms with van der Waals surface area (Å²) in [5.74, 6) is -0.290. The van der Waals surface area contributed by atoms with Crippen LogP contribution in [0.3, 0.4) is 0 Å². The molecule has 1 saturated carbocycles. The van der Waals surface area contributed by atoms with Crippen LogP contribution in [0.25, 0.3) is 0 Å². The van der Waals surface area contributed by atoms with Gasteiger partial charge in [0.15, 0.2) is 0 Å². The highest BCUT2D eigenvalue weighted by atomic mass is 16.6. The Morgan fingerprint density at radius 2 is 1.89 bits per heavy atom. The Bertz CT molecular complexity index is 616. The average molecular weight is 389 g/mol. The van der Waals surface area contributed by atoms with Crippen LogP contribution in [-0.2, 0) is 20.7 Å². The van der Waals surface area contributed by atoms with Gasteiger partial charge in [-0.2, -0.15) is 0 Å². The molecule has 2 aliphatic rings. The minimum absolute atomic E-state index is 0.00678. The second kappa shape index (κ2) is 11.0. The Kier molecular flexibility index (Phi) is 8.12. The van der Waals surface area contributed by atoms with Crippen molar-refractivity contribution in [3.63, 3.8) is 0 Å². The van der Waals surface area contributed by atoms with Crippen molar-refractivity contribution in [1.82, 2.24) is 9.88 Å². The van der Waals surface area contributed by atoms with E-state index in [9.17, 15) is 9.59 Å². The summed E-state index contributed by atoms with van der Waals surface area (Å²) in [5, 5.41) is 0. The van der Waals surface area contributed by atoms with E-state index in [0.29, 0.717) is 19.6 Å². The number of pyridine rings is 1. The number of carbonyl (C=O) groups excluding carboxylic acids is 2. The predicted molar refractivity (Wildman–Crippen MR) is 106 cm³/mol. The topological polar surface area (TPSA) is 68.7 Å². The molecule has 0 radical (unpaired) electrons. The quantitative estimate of drug-likeness (QED) is 0.515. The summed E-state index contributed by atoms with van der Waals surface area (Å²) in [6.45, 7) is 0.966. The van der Waals surface area contributed by atoms with Crippen LogP contribution in [0.4, 0.5) is 4.79 Å². The lowest BCUT2D eigenvalue weighted by molar-refractivity contribution is -0.151. The predicted octanol–water partition coefficient (Wildman–Crippen LogP) is 4.27. The van der Waals surface area contributed by atoms with Crippen molar-refractivity contribution in [2.45, 2.75) is 82.8 Å². The summed E-state index contributed by atoms with van der Waals surface area (Å²) in [6.07, 6.45) is 13.8. The first kappa shape index (κ1) is 20.6.